The second-order valence-corrected chi connectivity index (χ2v) is 10.4. The zero-order chi connectivity index (χ0) is 25.3. The SMILES string of the molecule is CCC(Nc1nc(Nc2ccc(N(CC)CC)c(Cl)c2)nc(NC2CCCCCC2)n1)C1CCCN1.[Cl-].[H+]. The Morgan fingerprint density at radius 2 is 1.68 bits per heavy atom. The molecular weight excluding hydrogens is 507 g/mol. The van der Waals surface area contributed by atoms with Crippen molar-refractivity contribution in [3.63, 3.8) is 0 Å². The van der Waals surface area contributed by atoms with E-state index in [0.717, 1.165) is 50.3 Å². The predicted molar refractivity (Wildman–Crippen MR) is 153 cm³/mol. The van der Waals surface area contributed by atoms with Gasteiger partial charge < -0.3 is 38.6 Å². The van der Waals surface area contributed by atoms with E-state index in [0.29, 0.717) is 35.0 Å². The maximum Gasteiger partial charge on any atom is 1.00 e. The van der Waals surface area contributed by atoms with Gasteiger partial charge in [-0.2, -0.15) is 15.0 Å². The molecule has 0 bridgehead atoms. The number of hydrogen-bond donors (Lipinski definition) is 4. The monoisotopic (exact) mass is 550 g/mol. The quantitative estimate of drug-likeness (QED) is 0.317. The molecule has 2 unspecified atom stereocenters. The minimum atomic E-state index is 0. The van der Waals surface area contributed by atoms with Gasteiger partial charge in [0.2, 0.25) is 17.8 Å². The molecule has 10 heteroatoms. The molecule has 4 rings (SSSR count). The van der Waals surface area contributed by atoms with E-state index in [9.17, 15) is 0 Å². The molecule has 8 nitrogen and oxygen atoms in total. The van der Waals surface area contributed by atoms with Gasteiger partial charge in [0.25, 0.3) is 0 Å². The summed E-state index contributed by atoms with van der Waals surface area (Å²) < 4.78 is 0. The molecule has 1 aliphatic carbocycles. The second-order valence-electron chi connectivity index (χ2n) is 9.96. The first-order chi connectivity index (χ1) is 17.6. The first-order valence-electron chi connectivity index (χ1n) is 13.9. The molecule has 0 spiro atoms. The zero-order valence-electron chi connectivity index (χ0n) is 23.5. The third-order valence-electron chi connectivity index (χ3n) is 7.47. The van der Waals surface area contributed by atoms with Crippen LogP contribution in [0.25, 0.3) is 0 Å². The van der Waals surface area contributed by atoms with E-state index in [2.05, 4.69) is 53.0 Å². The highest BCUT2D eigenvalue weighted by atomic mass is 35.5. The third-order valence-corrected chi connectivity index (χ3v) is 7.77. The van der Waals surface area contributed by atoms with Gasteiger partial charge in [0.05, 0.1) is 10.7 Å². The number of anilines is 5. The van der Waals surface area contributed by atoms with E-state index in [1.54, 1.807) is 0 Å². The van der Waals surface area contributed by atoms with E-state index in [1.807, 2.05) is 12.1 Å². The van der Waals surface area contributed by atoms with Crippen molar-refractivity contribution < 1.29 is 13.8 Å². The standard InChI is InChI=1S/C27H43ClN8.ClH/c1-4-22(23-14-11-17-29-23)32-27-34-25(30-19-12-9-7-8-10-13-19)33-26(35-27)31-20-15-16-24(21(28)18-20)36(5-2)6-3;/h15-16,18-19,22-23,29H,4-14,17H2,1-3H3,(H3,30,31,32,33,34,35);1H. The Hall–Kier alpha value is -2.03. The molecule has 1 aromatic carbocycles. The molecule has 1 aliphatic heterocycles. The van der Waals surface area contributed by atoms with Crippen molar-refractivity contribution in [3.8, 4) is 0 Å². The summed E-state index contributed by atoms with van der Waals surface area (Å²) in [5.74, 6) is 1.75. The van der Waals surface area contributed by atoms with Crippen LogP contribution in [0.1, 0.15) is 80.0 Å². The fourth-order valence-corrected chi connectivity index (χ4v) is 5.71. The molecule has 206 valence electrons. The lowest BCUT2D eigenvalue weighted by atomic mass is 10.0. The van der Waals surface area contributed by atoms with Crippen LogP contribution in [0.15, 0.2) is 18.2 Å². The number of halogens is 2. The van der Waals surface area contributed by atoms with Gasteiger partial charge in [-0.25, -0.2) is 0 Å². The maximum atomic E-state index is 6.65. The molecule has 2 heterocycles. The number of nitrogens with zero attached hydrogens (tertiary/aromatic N) is 4. The smallest absolute Gasteiger partial charge is 1.00 e. The summed E-state index contributed by atoms with van der Waals surface area (Å²) in [6, 6.07) is 7.15. The highest BCUT2D eigenvalue weighted by Crippen LogP contribution is 2.30. The van der Waals surface area contributed by atoms with Crippen molar-refractivity contribution >= 4 is 40.8 Å². The molecule has 1 aromatic heterocycles. The number of hydrogen-bond acceptors (Lipinski definition) is 8. The summed E-state index contributed by atoms with van der Waals surface area (Å²) >= 11 is 6.65. The van der Waals surface area contributed by atoms with Crippen molar-refractivity contribution in [2.75, 3.05) is 40.5 Å². The lowest BCUT2D eigenvalue weighted by molar-refractivity contribution is -0.00000786. The van der Waals surface area contributed by atoms with Gasteiger partial charge >= 0.3 is 1.43 Å². The molecule has 2 aromatic rings. The van der Waals surface area contributed by atoms with Crippen molar-refractivity contribution in [3.05, 3.63) is 23.2 Å². The fourth-order valence-electron chi connectivity index (χ4n) is 5.41. The molecule has 2 fully saturated rings. The summed E-state index contributed by atoms with van der Waals surface area (Å²) in [5, 5.41) is 14.9. The van der Waals surface area contributed by atoms with Crippen molar-refractivity contribution in [2.24, 2.45) is 0 Å². The lowest BCUT2D eigenvalue weighted by Crippen LogP contribution is -3.00. The van der Waals surface area contributed by atoms with Crippen LogP contribution in [0.4, 0.5) is 29.2 Å². The van der Waals surface area contributed by atoms with Crippen LogP contribution in [-0.4, -0.2) is 52.7 Å². The summed E-state index contributed by atoms with van der Waals surface area (Å²) in [6.07, 6.45) is 10.8. The minimum Gasteiger partial charge on any atom is -1.00 e. The van der Waals surface area contributed by atoms with E-state index in [1.165, 1.54) is 38.5 Å². The Labute approximate surface area is 235 Å². The third kappa shape index (κ3) is 8.23. The largest absolute Gasteiger partial charge is 1.00 e. The van der Waals surface area contributed by atoms with Crippen LogP contribution in [0.5, 0.6) is 0 Å². The summed E-state index contributed by atoms with van der Waals surface area (Å²) in [5.41, 5.74) is 1.90. The molecular formula is C27H44Cl2N8. The molecule has 1 saturated heterocycles. The van der Waals surface area contributed by atoms with Crippen LogP contribution in [0.3, 0.4) is 0 Å². The fraction of sp³-hybridized carbons (Fsp3) is 0.667. The number of rotatable bonds is 11. The first kappa shape index (κ1) is 29.5. The van der Waals surface area contributed by atoms with E-state index >= 15 is 0 Å². The average molecular weight is 552 g/mol. The van der Waals surface area contributed by atoms with Gasteiger partial charge in [-0.1, -0.05) is 44.2 Å². The van der Waals surface area contributed by atoms with Gasteiger partial charge in [-0.05, 0) is 70.7 Å². The summed E-state index contributed by atoms with van der Waals surface area (Å²) in [6.45, 7) is 9.39. The Balaban J connectivity index is 0.00000253. The van der Waals surface area contributed by atoms with Crippen molar-refractivity contribution in [1.82, 2.24) is 20.3 Å². The van der Waals surface area contributed by atoms with Crippen LogP contribution in [0, 0.1) is 0 Å². The van der Waals surface area contributed by atoms with Crippen LogP contribution in [-0.2, 0) is 0 Å². The first-order valence-corrected chi connectivity index (χ1v) is 14.3. The van der Waals surface area contributed by atoms with Crippen LogP contribution >= 0.6 is 11.6 Å². The van der Waals surface area contributed by atoms with Gasteiger partial charge in [0.15, 0.2) is 0 Å². The average Bonchev–Trinajstić information content (AvgIpc) is 3.29. The highest BCUT2D eigenvalue weighted by Gasteiger charge is 2.24. The number of aromatic nitrogens is 3. The van der Waals surface area contributed by atoms with Crippen molar-refractivity contribution in [1.29, 1.82) is 0 Å². The predicted octanol–water partition coefficient (Wildman–Crippen LogP) is 3.31. The van der Waals surface area contributed by atoms with E-state index < -0.39 is 0 Å². The summed E-state index contributed by atoms with van der Waals surface area (Å²) in [4.78, 5) is 16.5. The topological polar surface area (TPSA) is 90.0 Å². The van der Waals surface area contributed by atoms with Crippen LogP contribution in [0.2, 0.25) is 5.02 Å². The highest BCUT2D eigenvalue weighted by molar-refractivity contribution is 6.33. The Morgan fingerprint density at radius 1 is 0.973 bits per heavy atom. The molecule has 2 atom stereocenters. The van der Waals surface area contributed by atoms with Crippen molar-refractivity contribution in [2.45, 2.75) is 96.7 Å². The van der Waals surface area contributed by atoms with Gasteiger partial charge in [-0.3, -0.25) is 0 Å². The van der Waals surface area contributed by atoms with Gasteiger partial charge in [0, 0.05) is 36.9 Å². The zero-order valence-corrected chi connectivity index (χ0v) is 24.0. The molecule has 0 radical (unpaired) electrons. The van der Waals surface area contributed by atoms with Crippen LogP contribution < -0.4 is 38.6 Å². The minimum absolute atomic E-state index is 0. The van der Waals surface area contributed by atoms with Gasteiger partial charge in [0.1, 0.15) is 0 Å². The summed E-state index contributed by atoms with van der Waals surface area (Å²) in [7, 11) is 0. The van der Waals surface area contributed by atoms with E-state index in [4.69, 9.17) is 26.6 Å². The Kier molecular flexibility index (Phi) is 11.8. The second kappa shape index (κ2) is 14.8. The molecule has 4 N–H and O–H groups in total. The molecule has 0 amide bonds. The normalized spacial score (nSPS) is 19.0. The number of benzene rings is 1. The number of nitrogens with one attached hydrogen (secondary N) is 4. The lowest BCUT2D eigenvalue weighted by Gasteiger charge is -2.24. The van der Waals surface area contributed by atoms with E-state index in [-0.39, 0.29) is 19.9 Å². The Morgan fingerprint density at radius 3 is 2.30 bits per heavy atom. The molecule has 2 aliphatic rings. The molecule has 37 heavy (non-hydrogen) atoms. The maximum absolute atomic E-state index is 6.65. The Bertz CT molecular complexity index is 964. The molecule has 1 saturated carbocycles. The van der Waals surface area contributed by atoms with Gasteiger partial charge in [-0.15, -0.1) is 0 Å².